The number of hydrogen-bond acceptors (Lipinski definition) is 5. The van der Waals surface area contributed by atoms with Crippen molar-refractivity contribution in [1.29, 1.82) is 0 Å². The summed E-state index contributed by atoms with van der Waals surface area (Å²) < 4.78 is 38.2. The van der Waals surface area contributed by atoms with Gasteiger partial charge in [0.05, 0.1) is 10.1 Å². The molecule has 0 spiro atoms. The largest absolute Gasteiger partial charge is 0.341 e. The predicted molar refractivity (Wildman–Crippen MR) is 89.1 cm³/mol. The highest BCUT2D eigenvalue weighted by atomic mass is 32.2. The van der Waals surface area contributed by atoms with Crippen LogP contribution in [-0.2, 0) is 24.2 Å². The SMILES string of the molecule is O=C(CN1C(=O)CCC1=O)N1CCC(S(=O)(=O)c2ccc(F)cc2)CC1. The lowest BCUT2D eigenvalue weighted by atomic mass is 10.1. The first-order valence-corrected chi connectivity index (χ1v) is 9.94. The summed E-state index contributed by atoms with van der Waals surface area (Å²) in [6, 6.07) is 4.70. The third-order valence-corrected chi connectivity index (χ3v) is 7.10. The van der Waals surface area contributed by atoms with Crippen molar-refractivity contribution in [1.82, 2.24) is 9.80 Å². The monoisotopic (exact) mass is 382 g/mol. The molecule has 0 aromatic heterocycles. The Balaban J connectivity index is 1.60. The van der Waals surface area contributed by atoms with Crippen LogP contribution < -0.4 is 0 Å². The first-order valence-electron chi connectivity index (χ1n) is 8.39. The van der Waals surface area contributed by atoms with Crippen molar-refractivity contribution in [2.45, 2.75) is 35.8 Å². The van der Waals surface area contributed by atoms with Crippen LogP contribution in [0.15, 0.2) is 29.2 Å². The van der Waals surface area contributed by atoms with E-state index in [4.69, 9.17) is 0 Å². The van der Waals surface area contributed by atoms with E-state index in [9.17, 15) is 27.2 Å². The van der Waals surface area contributed by atoms with Gasteiger partial charge >= 0.3 is 0 Å². The first kappa shape index (κ1) is 18.5. The summed E-state index contributed by atoms with van der Waals surface area (Å²) in [4.78, 5) is 38.0. The molecule has 9 heteroatoms. The van der Waals surface area contributed by atoms with E-state index in [0.717, 1.165) is 17.0 Å². The second-order valence-electron chi connectivity index (χ2n) is 6.45. The molecule has 0 bridgehead atoms. The third-order valence-electron chi connectivity index (χ3n) is 4.82. The van der Waals surface area contributed by atoms with Crippen LogP contribution in [0.5, 0.6) is 0 Å². The van der Waals surface area contributed by atoms with Gasteiger partial charge in [-0.3, -0.25) is 19.3 Å². The highest BCUT2D eigenvalue weighted by molar-refractivity contribution is 7.92. The molecule has 7 nitrogen and oxygen atoms in total. The zero-order valence-electron chi connectivity index (χ0n) is 14.1. The molecule has 2 aliphatic rings. The Morgan fingerprint density at radius 3 is 2.12 bits per heavy atom. The Morgan fingerprint density at radius 1 is 1.04 bits per heavy atom. The van der Waals surface area contributed by atoms with Gasteiger partial charge in [-0.2, -0.15) is 0 Å². The van der Waals surface area contributed by atoms with E-state index in [0.29, 0.717) is 0 Å². The van der Waals surface area contributed by atoms with Crippen molar-refractivity contribution >= 4 is 27.6 Å². The molecule has 1 aromatic rings. The van der Waals surface area contributed by atoms with Crippen molar-refractivity contribution in [2.24, 2.45) is 0 Å². The Labute approximate surface area is 150 Å². The maximum Gasteiger partial charge on any atom is 0.242 e. The van der Waals surface area contributed by atoms with Gasteiger partial charge in [0.1, 0.15) is 12.4 Å². The average Bonchev–Trinajstić information content (AvgIpc) is 2.94. The molecule has 3 amide bonds. The van der Waals surface area contributed by atoms with E-state index >= 15 is 0 Å². The van der Waals surface area contributed by atoms with Gasteiger partial charge in [0, 0.05) is 25.9 Å². The lowest BCUT2D eigenvalue weighted by Gasteiger charge is -2.32. The fourth-order valence-electron chi connectivity index (χ4n) is 3.27. The van der Waals surface area contributed by atoms with Crippen molar-refractivity contribution in [3.63, 3.8) is 0 Å². The lowest BCUT2D eigenvalue weighted by Crippen LogP contribution is -2.47. The number of hydrogen-bond donors (Lipinski definition) is 0. The van der Waals surface area contributed by atoms with Crippen LogP contribution in [0, 0.1) is 5.82 Å². The molecule has 0 atom stereocenters. The fourth-order valence-corrected chi connectivity index (χ4v) is 5.00. The van der Waals surface area contributed by atoms with E-state index in [1.807, 2.05) is 0 Å². The van der Waals surface area contributed by atoms with E-state index in [2.05, 4.69) is 0 Å². The summed E-state index contributed by atoms with van der Waals surface area (Å²) in [5.74, 6) is -1.56. The molecule has 0 aliphatic carbocycles. The number of imide groups is 1. The molecule has 3 rings (SSSR count). The molecule has 1 aromatic carbocycles. The molecule has 2 aliphatic heterocycles. The van der Waals surface area contributed by atoms with Crippen LogP contribution in [0.25, 0.3) is 0 Å². The van der Waals surface area contributed by atoms with E-state index in [-0.39, 0.29) is 67.9 Å². The van der Waals surface area contributed by atoms with Gasteiger partial charge in [-0.15, -0.1) is 0 Å². The second kappa shape index (κ2) is 7.14. The number of likely N-dealkylation sites (tertiary alicyclic amines) is 2. The summed E-state index contributed by atoms with van der Waals surface area (Å²) in [5.41, 5.74) is 0. The summed E-state index contributed by atoms with van der Waals surface area (Å²) >= 11 is 0. The second-order valence-corrected chi connectivity index (χ2v) is 8.68. The summed E-state index contributed by atoms with van der Waals surface area (Å²) in [6.45, 7) is 0.188. The van der Waals surface area contributed by atoms with Crippen LogP contribution in [0.3, 0.4) is 0 Å². The van der Waals surface area contributed by atoms with Gasteiger partial charge in [-0.1, -0.05) is 0 Å². The minimum Gasteiger partial charge on any atom is -0.341 e. The molecule has 0 unspecified atom stereocenters. The number of halogens is 1. The molecule has 0 N–H and O–H groups in total. The standard InChI is InChI=1S/C17H19FN2O5S/c18-12-1-3-13(4-2-12)26(24,25)14-7-9-19(10-8-14)17(23)11-20-15(21)5-6-16(20)22/h1-4,14H,5-11H2. The minimum atomic E-state index is -3.59. The van der Waals surface area contributed by atoms with E-state index in [1.165, 1.54) is 17.0 Å². The Bertz CT molecular complexity index is 813. The van der Waals surface area contributed by atoms with Gasteiger partial charge < -0.3 is 4.90 Å². The smallest absolute Gasteiger partial charge is 0.242 e. The molecule has 2 saturated heterocycles. The number of carbonyl (C=O) groups is 3. The summed E-state index contributed by atoms with van der Waals surface area (Å²) in [6.07, 6.45) is 0.773. The molecule has 26 heavy (non-hydrogen) atoms. The van der Waals surface area contributed by atoms with Crippen molar-refractivity contribution in [3.05, 3.63) is 30.1 Å². The fraction of sp³-hybridized carbons (Fsp3) is 0.471. The van der Waals surface area contributed by atoms with Crippen molar-refractivity contribution in [2.75, 3.05) is 19.6 Å². The number of sulfone groups is 1. The quantitative estimate of drug-likeness (QED) is 0.566. The van der Waals surface area contributed by atoms with Crippen molar-refractivity contribution < 1.29 is 27.2 Å². The molecule has 2 heterocycles. The van der Waals surface area contributed by atoms with E-state index < -0.39 is 20.9 Å². The zero-order chi connectivity index (χ0) is 18.9. The number of piperidine rings is 1. The Hall–Kier alpha value is -2.29. The van der Waals surface area contributed by atoms with Crippen molar-refractivity contribution in [3.8, 4) is 0 Å². The zero-order valence-corrected chi connectivity index (χ0v) is 14.9. The van der Waals surface area contributed by atoms with Gasteiger partial charge in [-0.05, 0) is 37.1 Å². The van der Waals surface area contributed by atoms with Crippen LogP contribution in [-0.4, -0.2) is 60.8 Å². The highest BCUT2D eigenvalue weighted by Crippen LogP contribution is 2.25. The van der Waals surface area contributed by atoms with Crippen LogP contribution >= 0.6 is 0 Å². The summed E-state index contributed by atoms with van der Waals surface area (Å²) in [5, 5.41) is -0.646. The maximum absolute atomic E-state index is 13.0. The highest BCUT2D eigenvalue weighted by Gasteiger charge is 2.35. The minimum absolute atomic E-state index is 0.0666. The molecular weight excluding hydrogens is 363 g/mol. The van der Waals surface area contributed by atoms with Gasteiger partial charge in [0.2, 0.25) is 17.7 Å². The summed E-state index contributed by atoms with van der Waals surface area (Å²) in [7, 11) is -3.59. The first-order chi connectivity index (χ1) is 12.3. The molecule has 140 valence electrons. The predicted octanol–water partition coefficient (Wildman–Crippen LogP) is 0.739. The van der Waals surface area contributed by atoms with E-state index in [1.54, 1.807) is 0 Å². The number of carbonyl (C=O) groups excluding carboxylic acids is 3. The van der Waals surface area contributed by atoms with Gasteiger partial charge in [-0.25, -0.2) is 12.8 Å². The number of nitrogens with zero attached hydrogens (tertiary/aromatic N) is 2. The topological polar surface area (TPSA) is 91.8 Å². The lowest BCUT2D eigenvalue weighted by molar-refractivity contribution is -0.145. The number of amides is 3. The van der Waals surface area contributed by atoms with Gasteiger partial charge in [0.15, 0.2) is 9.84 Å². The number of benzene rings is 1. The normalized spacial score (nSPS) is 19.3. The molecule has 2 fully saturated rings. The average molecular weight is 382 g/mol. The third kappa shape index (κ3) is 3.62. The van der Waals surface area contributed by atoms with Gasteiger partial charge in [0.25, 0.3) is 0 Å². The van der Waals surface area contributed by atoms with Crippen LogP contribution in [0.1, 0.15) is 25.7 Å². The molecular formula is C17H19FN2O5S. The Morgan fingerprint density at radius 2 is 1.58 bits per heavy atom. The molecule has 0 saturated carbocycles. The molecule has 0 radical (unpaired) electrons. The Kier molecular flexibility index (Phi) is 5.08. The number of rotatable bonds is 4. The van der Waals surface area contributed by atoms with Crippen LogP contribution in [0.2, 0.25) is 0 Å². The van der Waals surface area contributed by atoms with Crippen LogP contribution in [0.4, 0.5) is 4.39 Å². The maximum atomic E-state index is 13.0.